The van der Waals surface area contributed by atoms with Gasteiger partial charge in [-0.2, -0.15) is 0 Å². The Kier molecular flexibility index (Phi) is 5.41. The van der Waals surface area contributed by atoms with Crippen LogP contribution in [0.25, 0.3) is 0 Å². The van der Waals surface area contributed by atoms with Crippen molar-refractivity contribution in [2.45, 2.75) is 13.0 Å². The van der Waals surface area contributed by atoms with Gasteiger partial charge in [0.15, 0.2) is 11.9 Å². The summed E-state index contributed by atoms with van der Waals surface area (Å²) < 4.78 is 5.38. The van der Waals surface area contributed by atoms with Crippen LogP contribution in [0.2, 0.25) is 10.0 Å². The normalized spacial score (nSPS) is 11.6. The van der Waals surface area contributed by atoms with E-state index in [0.717, 1.165) is 0 Å². The van der Waals surface area contributed by atoms with E-state index in [-0.39, 0.29) is 11.4 Å². The van der Waals surface area contributed by atoms with Crippen LogP contribution < -0.4 is 10.1 Å². The fourth-order valence-electron chi connectivity index (χ4n) is 1.82. The first-order valence-electron chi connectivity index (χ1n) is 6.54. The van der Waals surface area contributed by atoms with E-state index in [1.165, 1.54) is 43.3 Å². The van der Waals surface area contributed by atoms with E-state index in [2.05, 4.69) is 5.32 Å². The minimum Gasteiger partial charge on any atom is -0.474 e. The van der Waals surface area contributed by atoms with Crippen molar-refractivity contribution < 1.29 is 14.5 Å². The van der Waals surface area contributed by atoms with Gasteiger partial charge in [-0.05, 0) is 31.2 Å². The number of nitrogens with zero attached hydrogens (tertiary/aromatic N) is 1. The van der Waals surface area contributed by atoms with Crippen LogP contribution in [-0.4, -0.2) is 16.9 Å². The largest absolute Gasteiger partial charge is 0.474 e. The molecule has 0 aromatic heterocycles. The number of halogens is 2. The number of anilines is 1. The molecule has 0 aliphatic rings. The number of carbonyl (C=O) groups is 1. The number of nitro groups is 1. The third-order valence-corrected chi connectivity index (χ3v) is 3.30. The van der Waals surface area contributed by atoms with Crippen molar-refractivity contribution in [2.24, 2.45) is 0 Å². The third kappa shape index (κ3) is 4.58. The summed E-state index contributed by atoms with van der Waals surface area (Å²) in [5, 5.41) is 14.3. The number of nitrogens with one attached hydrogen (secondary N) is 1. The molecule has 120 valence electrons. The highest BCUT2D eigenvalue weighted by molar-refractivity contribution is 6.35. The maximum absolute atomic E-state index is 12.1. The minimum absolute atomic E-state index is 0.0178. The van der Waals surface area contributed by atoms with E-state index in [0.29, 0.717) is 15.7 Å². The number of rotatable bonds is 5. The monoisotopic (exact) mass is 354 g/mol. The lowest BCUT2D eigenvalue weighted by Gasteiger charge is -2.15. The maximum atomic E-state index is 12.1. The average Bonchev–Trinajstić information content (AvgIpc) is 2.46. The van der Waals surface area contributed by atoms with Crippen LogP contribution in [0.1, 0.15) is 6.92 Å². The third-order valence-electron chi connectivity index (χ3n) is 2.87. The number of hydrogen-bond acceptors (Lipinski definition) is 4. The molecule has 2 aromatic rings. The van der Waals surface area contributed by atoms with E-state index >= 15 is 0 Å². The summed E-state index contributed by atoms with van der Waals surface area (Å²) in [6.07, 6.45) is -0.950. The van der Waals surface area contributed by atoms with Crippen molar-refractivity contribution in [3.05, 3.63) is 62.6 Å². The minimum atomic E-state index is -0.950. The van der Waals surface area contributed by atoms with Gasteiger partial charge in [-0.1, -0.05) is 35.3 Å². The van der Waals surface area contributed by atoms with Gasteiger partial charge < -0.3 is 10.1 Å². The van der Waals surface area contributed by atoms with Crippen molar-refractivity contribution in [1.29, 1.82) is 0 Å². The molecule has 0 unspecified atom stereocenters. The highest BCUT2D eigenvalue weighted by atomic mass is 35.5. The molecule has 0 heterocycles. The Balaban J connectivity index is 2.10. The zero-order valence-corrected chi connectivity index (χ0v) is 13.5. The van der Waals surface area contributed by atoms with Gasteiger partial charge in [-0.15, -0.1) is 0 Å². The number of hydrogen-bond donors (Lipinski definition) is 1. The average molecular weight is 355 g/mol. The lowest BCUT2D eigenvalue weighted by Crippen LogP contribution is -2.30. The topological polar surface area (TPSA) is 81.5 Å². The van der Waals surface area contributed by atoms with Crippen LogP contribution in [0.3, 0.4) is 0 Å². The van der Waals surface area contributed by atoms with Crippen LogP contribution in [0, 0.1) is 10.1 Å². The highest BCUT2D eigenvalue weighted by Crippen LogP contribution is 2.27. The van der Waals surface area contributed by atoms with Gasteiger partial charge in [0.25, 0.3) is 5.91 Å². The predicted molar refractivity (Wildman–Crippen MR) is 88.3 cm³/mol. The van der Waals surface area contributed by atoms with Crippen LogP contribution in [-0.2, 0) is 4.79 Å². The molecule has 1 N–H and O–H groups in total. The Bertz CT molecular complexity index is 732. The van der Waals surface area contributed by atoms with Gasteiger partial charge in [-0.3, -0.25) is 14.9 Å². The molecule has 6 nitrogen and oxygen atoms in total. The first-order chi connectivity index (χ1) is 10.9. The second kappa shape index (κ2) is 7.30. The van der Waals surface area contributed by atoms with Gasteiger partial charge in [0.05, 0.1) is 4.92 Å². The predicted octanol–water partition coefficient (Wildman–Crippen LogP) is 4.31. The van der Waals surface area contributed by atoms with Crippen molar-refractivity contribution in [1.82, 2.24) is 0 Å². The molecular weight excluding hydrogens is 343 g/mol. The van der Waals surface area contributed by atoms with E-state index in [9.17, 15) is 14.9 Å². The van der Waals surface area contributed by atoms with Gasteiger partial charge in [0, 0.05) is 21.8 Å². The summed E-state index contributed by atoms with van der Waals surface area (Å²) in [5.74, 6) is -0.467. The maximum Gasteiger partial charge on any atom is 0.310 e. The van der Waals surface area contributed by atoms with Crippen molar-refractivity contribution in [3.63, 3.8) is 0 Å². The molecule has 1 amide bonds. The molecule has 8 heteroatoms. The fourth-order valence-corrected chi connectivity index (χ4v) is 2.35. The van der Waals surface area contributed by atoms with E-state index in [1.54, 1.807) is 6.07 Å². The Morgan fingerprint density at radius 1 is 1.22 bits per heavy atom. The summed E-state index contributed by atoms with van der Waals surface area (Å²) in [5.41, 5.74) is 0.198. The van der Waals surface area contributed by atoms with Crippen LogP contribution in [0.15, 0.2) is 42.5 Å². The molecule has 0 fully saturated rings. The quantitative estimate of drug-likeness (QED) is 0.640. The number of ether oxygens (including phenoxy) is 1. The Hall–Kier alpha value is -2.31. The van der Waals surface area contributed by atoms with Crippen molar-refractivity contribution in [3.8, 4) is 5.75 Å². The molecule has 2 rings (SSSR count). The summed E-state index contributed by atoms with van der Waals surface area (Å²) >= 11 is 11.7. The molecule has 0 radical (unpaired) electrons. The Morgan fingerprint density at radius 2 is 1.83 bits per heavy atom. The second-order valence-electron chi connectivity index (χ2n) is 4.63. The number of benzene rings is 2. The van der Waals surface area contributed by atoms with E-state index < -0.39 is 16.9 Å². The van der Waals surface area contributed by atoms with Gasteiger partial charge in [0.1, 0.15) is 0 Å². The highest BCUT2D eigenvalue weighted by Gasteiger charge is 2.20. The number of nitro benzene ring substituents is 1. The molecule has 0 bridgehead atoms. The summed E-state index contributed by atoms with van der Waals surface area (Å²) in [6, 6.07) is 10.4. The Morgan fingerprint density at radius 3 is 2.43 bits per heavy atom. The number of para-hydroxylation sites is 2. The first-order valence-corrected chi connectivity index (χ1v) is 7.29. The van der Waals surface area contributed by atoms with Gasteiger partial charge in [0.2, 0.25) is 0 Å². The summed E-state index contributed by atoms with van der Waals surface area (Å²) in [4.78, 5) is 22.5. The lowest BCUT2D eigenvalue weighted by atomic mass is 10.2. The molecular formula is C15H12Cl2N2O4. The molecule has 1 atom stereocenters. The molecule has 0 aliphatic heterocycles. The van der Waals surface area contributed by atoms with Crippen LogP contribution in [0.5, 0.6) is 5.75 Å². The summed E-state index contributed by atoms with van der Waals surface area (Å²) in [7, 11) is 0. The van der Waals surface area contributed by atoms with Gasteiger partial charge in [-0.25, -0.2) is 0 Å². The van der Waals surface area contributed by atoms with Crippen molar-refractivity contribution in [2.75, 3.05) is 5.32 Å². The molecule has 0 spiro atoms. The fraction of sp³-hybridized carbons (Fsp3) is 0.133. The first kappa shape index (κ1) is 17.1. The Labute approximate surface area is 142 Å². The van der Waals surface area contributed by atoms with E-state index in [4.69, 9.17) is 27.9 Å². The molecule has 0 saturated carbocycles. The number of carbonyl (C=O) groups excluding carboxylic acids is 1. The molecule has 0 aliphatic carbocycles. The second-order valence-corrected chi connectivity index (χ2v) is 5.51. The van der Waals surface area contributed by atoms with Crippen LogP contribution >= 0.6 is 23.2 Å². The van der Waals surface area contributed by atoms with Gasteiger partial charge >= 0.3 is 5.69 Å². The molecule has 23 heavy (non-hydrogen) atoms. The number of amides is 1. The molecule has 2 aromatic carbocycles. The van der Waals surface area contributed by atoms with E-state index in [1.807, 2.05) is 0 Å². The zero-order chi connectivity index (χ0) is 17.0. The van der Waals surface area contributed by atoms with Crippen molar-refractivity contribution >= 4 is 40.5 Å². The zero-order valence-electron chi connectivity index (χ0n) is 12.0. The lowest BCUT2D eigenvalue weighted by molar-refractivity contribution is -0.386. The van der Waals surface area contributed by atoms with Crippen LogP contribution in [0.4, 0.5) is 11.4 Å². The SMILES string of the molecule is C[C@@H](Oc1ccccc1[N+](=O)[O-])C(=O)Nc1cc(Cl)cc(Cl)c1. The summed E-state index contributed by atoms with van der Waals surface area (Å²) in [6.45, 7) is 1.48. The molecule has 0 saturated heterocycles. The smallest absolute Gasteiger partial charge is 0.310 e. The standard InChI is InChI=1S/C15H12Cl2N2O4/c1-9(23-14-5-3-2-4-13(14)19(21)22)15(20)18-12-7-10(16)6-11(17)8-12/h2-9H,1H3,(H,18,20)/t9-/m1/s1.